The van der Waals surface area contributed by atoms with Gasteiger partial charge in [0.2, 0.25) is 5.91 Å². The second kappa shape index (κ2) is 10.8. The van der Waals surface area contributed by atoms with Crippen molar-refractivity contribution in [3.05, 3.63) is 60.4 Å². The first kappa shape index (κ1) is 21.9. The minimum absolute atomic E-state index is 0. The number of piperazine rings is 1. The van der Waals surface area contributed by atoms with E-state index in [0.29, 0.717) is 11.6 Å². The average Bonchev–Trinajstić information content (AvgIpc) is 2.71. The maximum absolute atomic E-state index is 12.9. The summed E-state index contributed by atoms with van der Waals surface area (Å²) in [6, 6.07) is 16.0. The number of rotatable bonds is 4. The molecule has 0 aliphatic carbocycles. The van der Waals surface area contributed by atoms with Crippen LogP contribution < -0.4 is 15.5 Å². The number of aliphatic imine (C=N–C) groups is 1. The largest absolute Gasteiger partial charge is 0.368 e. The molecule has 1 aliphatic heterocycles. The van der Waals surface area contributed by atoms with Crippen molar-refractivity contribution in [1.29, 1.82) is 0 Å². The van der Waals surface area contributed by atoms with Gasteiger partial charge in [-0.15, -0.1) is 24.0 Å². The smallest absolute Gasteiger partial charge is 0.243 e. The highest BCUT2D eigenvalue weighted by Crippen LogP contribution is 2.15. The molecule has 3 rings (SSSR count). The third kappa shape index (κ3) is 6.08. The van der Waals surface area contributed by atoms with Gasteiger partial charge in [-0.3, -0.25) is 9.79 Å². The number of anilines is 2. The van der Waals surface area contributed by atoms with Crippen LogP contribution in [0.5, 0.6) is 0 Å². The Morgan fingerprint density at radius 2 is 1.68 bits per heavy atom. The molecule has 0 unspecified atom stereocenters. The van der Waals surface area contributed by atoms with E-state index in [0.717, 1.165) is 26.2 Å². The Bertz CT molecular complexity index is 777. The maximum atomic E-state index is 12.9. The fraction of sp³-hybridized carbons (Fsp3) is 0.300. The Hall–Kier alpha value is -2.36. The second-order valence-electron chi connectivity index (χ2n) is 6.27. The van der Waals surface area contributed by atoms with E-state index in [1.54, 1.807) is 7.05 Å². The SMILES string of the molecule is CN=C(NCC(=O)Nc1ccc(F)cc1)N1CCN(c2ccccc2)CC1.I. The van der Waals surface area contributed by atoms with Crippen LogP contribution in [0.3, 0.4) is 0 Å². The van der Waals surface area contributed by atoms with Gasteiger partial charge >= 0.3 is 0 Å². The van der Waals surface area contributed by atoms with Gasteiger partial charge in [-0.2, -0.15) is 0 Å². The monoisotopic (exact) mass is 497 g/mol. The fourth-order valence-electron chi connectivity index (χ4n) is 3.05. The average molecular weight is 497 g/mol. The molecule has 8 heteroatoms. The molecule has 1 fully saturated rings. The zero-order chi connectivity index (χ0) is 19.1. The van der Waals surface area contributed by atoms with Crippen LogP contribution in [-0.2, 0) is 4.79 Å². The third-order valence-electron chi connectivity index (χ3n) is 4.45. The van der Waals surface area contributed by atoms with Crippen molar-refractivity contribution >= 4 is 47.2 Å². The molecule has 2 aromatic carbocycles. The third-order valence-corrected chi connectivity index (χ3v) is 4.45. The first-order chi connectivity index (χ1) is 13.2. The lowest BCUT2D eigenvalue weighted by molar-refractivity contribution is -0.115. The normalized spacial score (nSPS) is 14.3. The number of hydrogen-bond donors (Lipinski definition) is 2. The van der Waals surface area contributed by atoms with Crippen molar-refractivity contribution in [2.45, 2.75) is 0 Å². The lowest BCUT2D eigenvalue weighted by Crippen LogP contribution is -2.53. The minimum atomic E-state index is -0.332. The summed E-state index contributed by atoms with van der Waals surface area (Å²) >= 11 is 0. The van der Waals surface area contributed by atoms with Gasteiger partial charge in [0.15, 0.2) is 5.96 Å². The van der Waals surface area contributed by atoms with Crippen LogP contribution in [-0.4, -0.2) is 56.5 Å². The zero-order valence-corrected chi connectivity index (χ0v) is 18.1. The van der Waals surface area contributed by atoms with Crippen LogP contribution in [0.25, 0.3) is 0 Å². The van der Waals surface area contributed by atoms with E-state index in [1.807, 2.05) is 18.2 Å². The molecule has 1 heterocycles. The van der Waals surface area contributed by atoms with Crippen LogP contribution in [0, 0.1) is 5.82 Å². The number of carbonyl (C=O) groups excluding carboxylic acids is 1. The quantitative estimate of drug-likeness (QED) is 0.388. The number of carbonyl (C=O) groups is 1. The Kier molecular flexibility index (Phi) is 8.49. The van der Waals surface area contributed by atoms with Gasteiger partial charge in [-0.05, 0) is 36.4 Å². The molecule has 0 bridgehead atoms. The molecule has 0 aromatic heterocycles. The number of hydrogen-bond acceptors (Lipinski definition) is 3. The van der Waals surface area contributed by atoms with Crippen molar-refractivity contribution in [1.82, 2.24) is 10.2 Å². The van der Waals surface area contributed by atoms with Gasteiger partial charge in [0.05, 0.1) is 6.54 Å². The number of guanidine groups is 1. The van der Waals surface area contributed by atoms with Gasteiger partial charge in [0.25, 0.3) is 0 Å². The van der Waals surface area contributed by atoms with Crippen LogP contribution in [0.15, 0.2) is 59.6 Å². The number of halogens is 2. The molecule has 1 saturated heterocycles. The van der Waals surface area contributed by atoms with E-state index in [1.165, 1.54) is 30.0 Å². The number of para-hydroxylation sites is 1. The van der Waals surface area contributed by atoms with Crippen molar-refractivity contribution < 1.29 is 9.18 Å². The number of benzene rings is 2. The fourth-order valence-corrected chi connectivity index (χ4v) is 3.05. The Morgan fingerprint density at radius 3 is 2.29 bits per heavy atom. The summed E-state index contributed by atoms with van der Waals surface area (Å²) in [5, 5.41) is 5.83. The van der Waals surface area contributed by atoms with E-state index >= 15 is 0 Å². The molecule has 2 N–H and O–H groups in total. The first-order valence-electron chi connectivity index (χ1n) is 8.97. The molecule has 28 heavy (non-hydrogen) atoms. The van der Waals surface area contributed by atoms with Crippen LogP contribution in [0.4, 0.5) is 15.8 Å². The van der Waals surface area contributed by atoms with Gasteiger partial charge in [0, 0.05) is 44.6 Å². The molecule has 1 amide bonds. The first-order valence-corrected chi connectivity index (χ1v) is 8.97. The molecule has 0 saturated carbocycles. The summed E-state index contributed by atoms with van der Waals surface area (Å²) in [6.07, 6.45) is 0. The molecular weight excluding hydrogens is 472 g/mol. The van der Waals surface area contributed by atoms with Crippen molar-refractivity contribution in [2.75, 3.05) is 50.0 Å². The van der Waals surface area contributed by atoms with Gasteiger partial charge in [-0.1, -0.05) is 18.2 Å². The highest BCUT2D eigenvalue weighted by atomic mass is 127. The Morgan fingerprint density at radius 1 is 1.04 bits per heavy atom. The van der Waals surface area contributed by atoms with E-state index in [9.17, 15) is 9.18 Å². The zero-order valence-electron chi connectivity index (χ0n) is 15.8. The number of amides is 1. The topological polar surface area (TPSA) is 60.0 Å². The number of nitrogens with one attached hydrogen (secondary N) is 2. The van der Waals surface area contributed by atoms with E-state index in [4.69, 9.17) is 0 Å². The highest BCUT2D eigenvalue weighted by molar-refractivity contribution is 14.0. The van der Waals surface area contributed by atoms with Gasteiger partial charge in [0.1, 0.15) is 5.82 Å². The van der Waals surface area contributed by atoms with Crippen LogP contribution in [0.2, 0.25) is 0 Å². The van der Waals surface area contributed by atoms with Crippen LogP contribution in [0.1, 0.15) is 0 Å². The molecule has 150 valence electrons. The Balaban J connectivity index is 0.00000280. The van der Waals surface area contributed by atoms with Gasteiger partial charge < -0.3 is 20.4 Å². The van der Waals surface area contributed by atoms with Crippen molar-refractivity contribution in [3.8, 4) is 0 Å². The summed E-state index contributed by atoms with van der Waals surface area (Å²) in [6.45, 7) is 3.55. The molecule has 0 radical (unpaired) electrons. The van der Waals surface area contributed by atoms with E-state index < -0.39 is 0 Å². The summed E-state index contributed by atoms with van der Waals surface area (Å²) in [4.78, 5) is 20.9. The standard InChI is InChI=1S/C20H24FN5O.HI/c1-22-20(23-15-19(27)24-17-9-7-16(21)8-10-17)26-13-11-25(12-14-26)18-5-3-2-4-6-18;/h2-10H,11-15H2,1H3,(H,22,23)(H,24,27);1H. The summed E-state index contributed by atoms with van der Waals surface area (Å²) in [7, 11) is 1.71. The summed E-state index contributed by atoms with van der Waals surface area (Å²) in [5.74, 6) is 0.170. The highest BCUT2D eigenvalue weighted by Gasteiger charge is 2.20. The predicted molar refractivity (Wildman–Crippen MR) is 122 cm³/mol. The molecule has 2 aromatic rings. The lowest BCUT2D eigenvalue weighted by atomic mass is 10.2. The summed E-state index contributed by atoms with van der Waals surface area (Å²) in [5.41, 5.74) is 1.79. The van der Waals surface area contributed by atoms with Gasteiger partial charge in [-0.25, -0.2) is 4.39 Å². The molecule has 6 nitrogen and oxygen atoms in total. The maximum Gasteiger partial charge on any atom is 0.243 e. The van der Waals surface area contributed by atoms with Crippen molar-refractivity contribution in [2.24, 2.45) is 4.99 Å². The molecular formula is C20H25FIN5O. The van der Waals surface area contributed by atoms with E-state index in [2.05, 4.69) is 37.6 Å². The summed E-state index contributed by atoms with van der Waals surface area (Å²) < 4.78 is 12.9. The van der Waals surface area contributed by atoms with E-state index in [-0.39, 0.29) is 42.2 Å². The molecule has 1 aliphatic rings. The Labute approximate surface area is 181 Å². The van der Waals surface area contributed by atoms with Crippen molar-refractivity contribution in [3.63, 3.8) is 0 Å². The number of nitrogens with zero attached hydrogens (tertiary/aromatic N) is 3. The minimum Gasteiger partial charge on any atom is -0.368 e. The molecule has 0 spiro atoms. The molecule has 0 atom stereocenters. The van der Waals surface area contributed by atoms with Crippen LogP contribution >= 0.6 is 24.0 Å². The predicted octanol–water partition coefficient (Wildman–Crippen LogP) is 2.78. The lowest BCUT2D eigenvalue weighted by Gasteiger charge is -2.37. The second-order valence-corrected chi connectivity index (χ2v) is 6.27.